The van der Waals surface area contributed by atoms with E-state index in [-0.39, 0.29) is 0 Å². The highest BCUT2D eigenvalue weighted by Gasteiger charge is 2.33. The van der Waals surface area contributed by atoms with E-state index in [1.54, 1.807) is 0 Å². The average Bonchev–Trinajstić information content (AvgIpc) is 2.46. The predicted molar refractivity (Wildman–Crippen MR) is 60.2 cm³/mol. The molecule has 14 heavy (non-hydrogen) atoms. The predicted octanol–water partition coefficient (Wildman–Crippen LogP) is 1.98. The molecule has 0 aromatic rings. The van der Waals surface area contributed by atoms with Gasteiger partial charge < -0.3 is 10.0 Å². The fourth-order valence-corrected chi connectivity index (χ4v) is 2.48. The highest BCUT2D eigenvalue weighted by atomic mass is 16.3. The van der Waals surface area contributed by atoms with Crippen LogP contribution in [0.3, 0.4) is 0 Å². The van der Waals surface area contributed by atoms with E-state index in [0.717, 1.165) is 12.5 Å². The number of hydrogen-bond acceptors (Lipinski definition) is 2. The van der Waals surface area contributed by atoms with Crippen LogP contribution in [0, 0.1) is 17.8 Å². The SMILES string of the molecule is CC(C)C[C@@H]1CN(C(C)C)C[C@@H]1CO. The van der Waals surface area contributed by atoms with Crippen LogP contribution in [0.25, 0.3) is 0 Å². The van der Waals surface area contributed by atoms with Gasteiger partial charge >= 0.3 is 0 Å². The van der Waals surface area contributed by atoms with Crippen LogP contribution in [0.1, 0.15) is 34.1 Å². The van der Waals surface area contributed by atoms with Gasteiger partial charge in [0.05, 0.1) is 0 Å². The van der Waals surface area contributed by atoms with Crippen LogP contribution >= 0.6 is 0 Å². The highest BCUT2D eigenvalue weighted by Crippen LogP contribution is 2.29. The Hall–Kier alpha value is -0.0800. The molecule has 1 aliphatic heterocycles. The maximum absolute atomic E-state index is 9.32. The number of nitrogens with zero attached hydrogens (tertiary/aromatic N) is 1. The Balaban J connectivity index is 2.49. The summed E-state index contributed by atoms with van der Waals surface area (Å²) in [5.41, 5.74) is 0. The van der Waals surface area contributed by atoms with E-state index in [4.69, 9.17) is 0 Å². The maximum Gasteiger partial charge on any atom is 0.0474 e. The lowest BCUT2D eigenvalue weighted by atomic mass is 9.89. The van der Waals surface area contributed by atoms with Crippen molar-refractivity contribution in [3.63, 3.8) is 0 Å². The maximum atomic E-state index is 9.32. The van der Waals surface area contributed by atoms with E-state index >= 15 is 0 Å². The van der Waals surface area contributed by atoms with Gasteiger partial charge in [0.1, 0.15) is 0 Å². The summed E-state index contributed by atoms with van der Waals surface area (Å²) in [6.45, 7) is 11.7. The van der Waals surface area contributed by atoms with Gasteiger partial charge in [0.15, 0.2) is 0 Å². The van der Waals surface area contributed by atoms with E-state index in [2.05, 4.69) is 32.6 Å². The molecule has 0 unspecified atom stereocenters. The van der Waals surface area contributed by atoms with Crippen molar-refractivity contribution >= 4 is 0 Å². The van der Waals surface area contributed by atoms with Crippen molar-refractivity contribution in [2.24, 2.45) is 17.8 Å². The first kappa shape index (κ1) is 12.0. The van der Waals surface area contributed by atoms with Gasteiger partial charge in [-0.15, -0.1) is 0 Å². The normalized spacial score (nSPS) is 29.4. The first-order valence-electron chi connectivity index (χ1n) is 5.89. The fraction of sp³-hybridized carbons (Fsp3) is 1.00. The molecule has 1 saturated heterocycles. The Morgan fingerprint density at radius 1 is 1.14 bits per heavy atom. The zero-order chi connectivity index (χ0) is 10.7. The van der Waals surface area contributed by atoms with Crippen LogP contribution in [-0.4, -0.2) is 35.7 Å². The topological polar surface area (TPSA) is 23.5 Å². The number of likely N-dealkylation sites (tertiary alicyclic amines) is 1. The smallest absolute Gasteiger partial charge is 0.0474 e. The number of hydrogen-bond donors (Lipinski definition) is 1. The molecule has 1 aliphatic rings. The molecule has 1 rings (SSSR count). The van der Waals surface area contributed by atoms with Crippen molar-refractivity contribution in [3.8, 4) is 0 Å². The number of aliphatic hydroxyl groups is 1. The van der Waals surface area contributed by atoms with Crippen molar-refractivity contribution in [1.29, 1.82) is 0 Å². The van der Waals surface area contributed by atoms with Crippen LogP contribution in [-0.2, 0) is 0 Å². The second-order valence-electron chi connectivity index (χ2n) is 5.38. The minimum atomic E-state index is 0.362. The second-order valence-corrected chi connectivity index (χ2v) is 5.38. The first-order chi connectivity index (χ1) is 6.54. The van der Waals surface area contributed by atoms with Crippen molar-refractivity contribution in [1.82, 2.24) is 4.90 Å². The molecule has 0 radical (unpaired) electrons. The van der Waals surface area contributed by atoms with Crippen LogP contribution in [0.5, 0.6) is 0 Å². The molecule has 0 spiro atoms. The summed E-state index contributed by atoms with van der Waals surface area (Å²) < 4.78 is 0. The molecule has 0 amide bonds. The number of rotatable bonds is 4. The molecule has 0 aliphatic carbocycles. The fourth-order valence-electron chi connectivity index (χ4n) is 2.48. The Labute approximate surface area is 88.3 Å². The first-order valence-corrected chi connectivity index (χ1v) is 5.89. The standard InChI is InChI=1S/C12H25NO/c1-9(2)5-11-6-13(10(3)4)7-12(11)8-14/h9-12,14H,5-8H2,1-4H3/t11-,12-/m1/s1. The minimum absolute atomic E-state index is 0.362. The molecule has 1 heterocycles. The highest BCUT2D eigenvalue weighted by molar-refractivity contribution is 4.85. The number of aliphatic hydroxyl groups excluding tert-OH is 1. The molecule has 1 fully saturated rings. The second kappa shape index (κ2) is 5.13. The Kier molecular flexibility index (Phi) is 4.39. The van der Waals surface area contributed by atoms with Gasteiger partial charge in [-0.2, -0.15) is 0 Å². The lowest BCUT2D eigenvalue weighted by Crippen LogP contribution is -2.28. The Morgan fingerprint density at radius 3 is 2.14 bits per heavy atom. The molecule has 2 nitrogen and oxygen atoms in total. The van der Waals surface area contributed by atoms with Gasteiger partial charge in [0.25, 0.3) is 0 Å². The van der Waals surface area contributed by atoms with Crippen molar-refractivity contribution in [2.45, 2.75) is 40.2 Å². The third kappa shape index (κ3) is 2.96. The summed E-state index contributed by atoms with van der Waals surface area (Å²) in [5, 5.41) is 9.32. The molecule has 0 bridgehead atoms. The third-order valence-corrected chi connectivity index (χ3v) is 3.34. The molecule has 84 valence electrons. The average molecular weight is 199 g/mol. The molecule has 0 aromatic carbocycles. The molecule has 1 N–H and O–H groups in total. The Morgan fingerprint density at radius 2 is 1.71 bits per heavy atom. The van der Waals surface area contributed by atoms with E-state index in [0.29, 0.717) is 24.5 Å². The summed E-state index contributed by atoms with van der Waals surface area (Å²) in [6, 6.07) is 0.626. The molecule has 0 saturated carbocycles. The van der Waals surface area contributed by atoms with Gasteiger partial charge in [-0.1, -0.05) is 13.8 Å². The summed E-state index contributed by atoms with van der Waals surface area (Å²) in [6.07, 6.45) is 1.26. The summed E-state index contributed by atoms with van der Waals surface area (Å²) in [4.78, 5) is 2.49. The quantitative estimate of drug-likeness (QED) is 0.748. The summed E-state index contributed by atoms with van der Waals surface area (Å²) in [5.74, 6) is 1.98. The third-order valence-electron chi connectivity index (χ3n) is 3.34. The van der Waals surface area contributed by atoms with Crippen molar-refractivity contribution in [2.75, 3.05) is 19.7 Å². The van der Waals surface area contributed by atoms with E-state index in [1.165, 1.54) is 13.0 Å². The monoisotopic (exact) mass is 199 g/mol. The molecule has 2 atom stereocenters. The van der Waals surface area contributed by atoms with Gasteiger partial charge in [-0.05, 0) is 38.0 Å². The Bertz CT molecular complexity index is 168. The lowest BCUT2D eigenvalue weighted by molar-refractivity contribution is 0.189. The molecular weight excluding hydrogens is 174 g/mol. The van der Waals surface area contributed by atoms with Crippen LogP contribution in [0.4, 0.5) is 0 Å². The van der Waals surface area contributed by atoms with E-state index in [1.807, 2.05) is 0 Å². The van der Waals surface area contributed by atoms with E-state index < -0.39 is 0 Å². The van der Waals surface area contributed by atoms with Crippen LogP contribution in [0.2, 0.25) is 0 Å². The van der Waals surface area contributed by atoms with Crippen molar-refractivity contribution in [3.05, 3.63) is 0 Å². The summed E-state index contributed by atoms with van der Waals surface area (Å²) in [7, 11) is 0. The zero-order valence-electron chi connectivity index (χ0n) is 10.0. The minimum Gasteiger partial charge on any atom is -0.396 e. The van der Waals surface area contributed by atoms with Crippen molar-refractivity contribution < 1.29 is 5.11 Å². The lowest BCUT2D eigenvalue weighted by Gasteiger charge is -2.20. The van der Waals surface area contributed by atoms with Gasteiger partial charge in [-0.25, -0.2) is 0 Å². The molecule has 2 heteroatoms. The van der Waals surface area contributed by atoms with Crippen LogP contribution in [0.15, 0.2) is 0 Å². The molecular formula is C12H25NO. The van der Waals surface area contributed by atoms with Gasteiger partial charge in [-0.3, -0.25) is 0 Å². The van der Waals surface area contributed by atoms with Gasteiger partial charge in [0.2, 0.25) is 0 Å². The largest absolute Gasteiger partial charge is 0.396 e. The summed E-state index contributed by atoms with van der Waals surface area (Å²) >= 11 is 0. The van der Waals surface area contributed by atoms with Crippen LogP contribution < -0.4 is 0 Å². The zero-order valence-corrected chi connectivity index (χ0v) is 10.0. The molecule has 0 aromatic heterocycles. The van der Waals surface area contributed by atoms with Gasteiger partial charge in [0, 0.05) is 25.7 Å². The van der Waals surface area contributed by atoms with E-state index in [9.17, 15) is 5.11 Å².